The molecular formula is C13H18N2O6. The van der Waals surface area contributed by atoms with Crippen molar-refractivity contribution in [1.29, 1.82) is 0 Å². The maximum Gasteiger partial charge on any atom is 0.326 e. The number of ether oxygens (including phenoxy) is 1. The van der Waals surface area contributed by atoms with Gasteiger partial charge in [-0.3, -0.25) is 4.79 Å². The number of nitrogens with zero attached hydrogens (tertiary/aromatic N) is 1. The molecule has 0 unspecified atom stereocenters. The van der Waals surface area contributed by atoms with E-state index in [1.165, 1.54) is 25.3 Å². The van der Waals surface area contributed by atoms with Crippen LogP contribution in [0, 0.1) is 0 Å². The maximum absolute atomic E-state index is 11.9. The molecule has 2 amide bonds. The number of carboxylic acids is 1. The average Bonchev–Trinajstić information content (AvgIpc) is 2.95. The lowest BCUT2D eigenvalue weighted by Crippen LogP contribution is -2.46. The molecule has 0 aliphatic rings. The van der Waals surface area contributed by atoms with Crippen LogP contribution in [-0.2, 0) is 20.9 Å². The number of carbonyl (C=O) groups excluding carboxylic acids is 2. The van der Waals surface area contributed by atoms with Gasteiger partial charge in [-0.05, 0) is 18.6 Å². The molecule has 0 saturated heterocycles. The Morgan fingerprint density at radius 2 is 2.19 bits per heavy atom. The molecule has 1 atom stereocenters. The van der Waals surface area contributed by atoms with Crippen molar-refractivity contribution in [2.75, 3.05) is 14.2 Å². The number of esters is 1. The van der Waals surface area contributed by atoms with Crippen LogP contribution in [0.4, 0.5) is 4.79 Å². The largest absolute Gasteiger partial charge is 0.480 e. The first-order valence-corrected chi connectivity index (χ1v) is 6.27. The minimum Gasteiger partial charge on any atom is -0.480 e. The number of furan rings is 1. The van der Waals surface area contributed by atoms with Gasteiger partial charge in [-0.25, -0.2) is 9.59 Å². The van der Waals surface area contributed by atoms with E-state index in [1.54, 1.807) is 12.1 Å². The zero-order chi connectivity index (χ0) is 15.8. The molecule has 8 heteroatoms. The topological polar surface area (TPSA) is 109 Å². The SMILES string of the molecule is COC(=O)CC[C@H](NC(=O)N(C)Cc1ccco1)C(=O)O. The molecule has 0 spiro atoms. The summed E-state index contributed by atoms with van der Waals surface area (Å²) in [5.41, 5.74) is 0. The van der Waals surface area contributed by atoms with E-state index in [0.717, 1.165) is 0 Å². The predicted octanol–water partition coefficient (Wildman–Crippen LogP) is 0.827. The molecule has 0 saturated carbocycles. The molecule has 1 heterocycles. The van der Waals surface area contributed by atoms with Gasteiger partial charge < -0.3 is 24.5 Å². The smallest absolute Gasteiger partial charge is 0.326 e. The highest BCUT2D eigenvalue weighted by Crippen LogP contribution is 2.05. The summed E-state index contributed by atoms with van der Waals surface area (Å²) in [6.45, 7) is 0.210. The molecular weight excluding hydrogens is 280 g/mol. The van der Waals surface area contributed by atoms with Gasteiger partial charge >= 0.3 is 18.0 Å². The van der Waals surface area contributed by atoms with Crippen LogP contribution in [0.5, 0.6) is 0 Å². The predicted molar refractivity (Wildman–Crippen MR) is 71.4 cm³/mol. The quantitative estimate of drug-likeness (QED) is 0.721. The van der Waals surface area contributed by atoms with E-state index in [-0.39, 0.29) is 19.4 Å². The molecule has 0 radical (unpaired) electrons. The van der Waals surface area contributed by atoms with Gasteiger partial charge in [0.2, 0.25) is 0 Å². The van der Waals surface area contributed by atoms with E-state index < -0.39 is 24.0 Å². The molecule has 1 aromatic heterocycles. The van der Waals surface area contributed by atoms with E-state index in [0.29, 0.717) is 5.76 Å². The van der Waals surface area contributed by atoms with E-state index in [9.17, 15) is 14.4 Å². The lowest BCUT2D eigenvalue weighted by Gasteiger charge is -2.20. The van der Waals surface area contributed by atoms with Crippen LogP contribution < -0.4 is 5.32 Å². The van der Waals surface area contributed by atoms with E-state index in [4.69, 9.17) is 9.52 Å². The monoisotopic (exact) mass is 298 g/mol. The summed E-state index contributed by atoms with van der Waals surface area (Å²) in [6.07, 6.45) is 1.36. The third-order valence-electron chi connectivity index (χ3n) is 2.78. The summed E-state index contributed by atoms with van der Waals surface area (Å²) in [4.78, 5) is 35.3. The number of carboxylic acid groups (broad SMARTS) is 1. The Bertz CT molecular complexity index is 485. The standard InChI is InChI=1S/C13H18N2O6/c1-15(8-9-4-3-7-21-9)13(19)14-10(12(17)18)5-6-11(16)20-2/h3-4,7,10H,5-6,8H2,1-2H3,(H,14,19)(H,17,18)/t10-/m0/s1. The number of rotatable bonds is 7. The van der Waals surface area contributed by atoms with Gasteiger partial charge in [0.15, 0.2) is 0 Å². The maximum atomic E-state index is 11.9. The van der Waals surface area contributed by atoms with Crippen LogP contribution in [0.25, 0.3) is 0 Å². The van der Waals surface area contributed by atoms with Crippen molar-refractivity contribution in [3.8, 4) is 0 Å². The fraction of sp³-hybridized carbons (Fsp3) is 0.462. The zero-order valence-electron chi connectivity index (χ0n) is 11.9. The fourth-order valence-corrected chi connectivity index (χ4v) is 1.59. The Morgan fingerprint density at radius 3 is 2.71 bits per heavy atom. The van der Waals surface area contributed by atoms with Crippen molar-refractivity contribution in [2.45, 2.75) is 25.4 Å². The van der Waals surface area contributed by atoms with Crippen molar-refractivity contribution >= 4 is 18.0 Å². The summed E-state index contributed by atoms with van der Waals surface area (Å²) < 4.78 is 9.54. The molecule has 0 aliphatic heterocycles. The van der Waals surface area contributed by atoms with Gasteiger partial charge in [-0.15, -0.1) is 0 Å². The molecule has 0 aliphatic carbocycles. The lowest BCUT2D eigenvalue weighted by molar-refractivity contribution is -0.142. The molecule has 2 N–H and O–H groups in total. The molecule has 0 bridgehead atoms. The number of urea groups is 1. The molecule has 1 aromatic rings. The van der Waals surface area contributed by atoms with Crippen LogP contribution in [0.15, 0.2) is 22.8 Å². The minimum absolute atomic E-state index is 0.0393. The summed E-state index contributed by atoms with van der Waals surface area (Å²) >= 11 is 0. The number of amides is 2. The Hall–Kier alpha value is -2.51. The molecule has 0 aromatic carbocycles. The second kappa shape index (κ2) is 7.93. The van der Waals surface area contributed by atoms with Gasteiger partial charge in [0.05, 0.1) is 19.9 Å². The highest BCUT2D eigenvalue weighted by molar-refractivity contribution is 5.83. The molecule has 116 valence electrons. The minimum atomic E-state index is -1.21. The highest BCUT2D eigenvalue weighted by Gasteiger charge is 2.23. The van der Waals surface area contributed by atoms with Crippen LogP contribution in [0.1, 0.15) is 18.6 Å². The van der Waals surface area contributed by atoms with Gasteiger partial charge in [0.1, 0.15) is 11.8 Å². The number of hydrogen-bond acceptors (Lipinski definition) is 5. The lowest BCUT2D eigenvalue weighted by atomic mass is 10.1. The highest BCUT2D eigenvalue weighted by atomic mass is 16.5. The van der Waals surface area contributed by atoms with Crippen LogP contribution >= 0.6 is 0 Å². The molecule has 1 rings (SSSR count). The molecule has 21 heavy (non-hydrogen) atoms. The zero-order valence-corrected chi connectivity index (χ0v) is 11.9. The van der Waals surface area contributed by atoms with Crippen LogP contribution in [0.3, 0.4) is 0 Å². The van der Waals surface area contributed by atoms with Crippen molar-refractivity contribution in [3.05, 3.63) is 24.2 Å². The number of methoxy groups -OCH3 is 1. The van der Waals surface area contributed by atoms with Gasteiger partial charge in [0, 0.05) is 13.5 Å². The Morgan fingerprint density at radius 1 is 1.48 bits per heavy atom. The number of nitrogens with one attached hydrogen (secondary N) is 1. The average molecular weight is 298 g/mol. The third-order valence-corrected chi connectivity index (χ3v) is 2.78. The van der Waals surface area contributed by atoms with Gasteiger partial charge in [-0.2, -0.15) is 0 Å². The van der Waals surface area contributed by atoms with Crippen molar-refractivity contribution in [2.24, 2.45) is 0 Å². The van der Waals surface area contributed by atoms with E-state index >= 15 is 0 Å². The first kappa shape index (κ1) is 16.5. The fourth-order valence-electron chi connectivity index (χ4n) is 1.59. The number of aliphatic carboxylic acids is 1. The normalized spacial score (nSPS) is 11.5. The second-order valence-electron chi connectivity index (χ2n) is 4.39. The summed E-state index contributed by atoms with van der Waals surface area (Å²) in [6, 6.07) is 1.67. The van der Waals surface area contributed by atoms with E-state index in [1.807, 2.05) is 0 Å². The van der Waals surface area contributed by atoms with Crippen LogP contribution in [0.2, 0.25) is 0 Å². The molecule has 0 fully saturated rings. The summed E-state index contributed by atoms with van der Waals surface area (Å²) in [5, 5.41) is 11.4. The van der Waals surface area contributed by atoms with Gasteiger partial charge in [0.25, 0.3) is 0 Å². The summed E-state index contributed by atoms with van der Waals surface area (Å²) in [5.74, 6) is -1.16. The van der Waals surface area contributed by atoms with Crippen molar-refractivity contribution < 1.29 is 28.6 Å². The number of hydrogen-bond donors (Lipinski definition) is 2. The number of carbonyl (C=O) groups is 3. The van der Waals surface area contributed by atoms with Crippen molar-refractivity contribution in [1.82, 2.24) is 10.2 Å². The Balaban J connectivity index is 2.51. The third kappa shape index (κ3) is 5.55. The van der Waals surface area contributed by atoms with Crippen LogP contribution in [-0.4, -0.2) is 48.2 Å². The second-order valence-corrected chi connectivity index (χ2v) is 4.39. The first-order valence-electron chi connectivity index (χ1n) is 6.27. The first-order chi connectivity index (χ1) is 9.93. The Labute approximate surface area is 121 Å². The Kier molecular flexibility index (Phi) is 6.25. The van der Waals surface area contributed by atoms with E-state index in [2.05, 4.69) is 10.1 Å². The molecule has 8 nitrogen and oxygen atoms in total. The summed E-state index contributed by atoms with van der Waals surface area (Å²) in [7, 11) is 2.73. The van der Waals surface area contributed by atoms with Crippen molar-refractivity contribution in [3.63, 3.8) is 0 Å². The van der Waals surface area contributed by atoms with Gasteiger partial charge in [-0.1, -0.05) is 0 Å².